The first-order chi connectivity index (χ1) is 12.4. The average Bonchev–Trinajstić information content (AvgIpc) is 2.62. The smallest absolute Gasteiger partial charge is 0.270 e. The van der Waals surface area contributed by atoms with Crippen molar-refractivity contribution in [1.82, 2.24) is 5.32 Å². The van der Waals surface area contributed by atoms with Crippen molar-refractivity contribution in [1.29, 1.82) is 0 Å². The molecule has 1 saturated heterocycles. The van der Waals surface area contributed by atoms with Crippen molar-refractivity contribution in [2.45, 2.75) is 0 Å². The number of hydrogen-bond donors (Lipinski definition) is 2. The van der Waals surface area contributed by atoms with Gasteiger partial charge in [0.05, 0.1) is 17.3 Å². The maximum absolute atomic E-state index is 12.9. The molecule has 0 spiro atoms. The van der Waals surface area contributed by atoms with Gasteiger partial charge in [-0.15, -0.1) is 0 Å². The second-order valence-corrected chi connectivity index (χ2v) is 6.59. The Kier molecular flexibility index (Phi) is 5.06. The average molecular weight is 433 g/mol. The SMILES string of the molecule is COc1cc(/C=C2/C(=O)NC(=S)N(c3ccccc3)C2=O)cc(Br)c1O. The molecule has 1 fully saturated rings. The van der Waals surface area contributed by atoms with Crippen LogP contribution in [0, 0.1) is 0 Å². The fourth-order valence-corrected chi connectivity index (χ4v) is 3.21. The minimum atomic E-state index is -0.588. The van der Waals surface area contributed by atoms with Gasteiger partial charge in [0.1, 0.15) is 5.57 Å². The van der Waals surface area contributed by atoms with E-state index in [1.807, 2.05) is 6.07 Å². The summed E-state index contributed by atoms with van der Waals surface area (Å²) in [6, 6.07) is 11.9. The molecule has 0 aromatic heterocycles. The summed E-state index contributed by atoms with van der Waals surface area (Å²) in [5.41, 5.74) is 0.978. The first kappa shape index (κ1) is 18.1. The van der Waals surface area contributed by atoms with Crippen LogP contribution in [-0.4, -0.2) is 29.1 Å². The summed E-state index contributed by atoms with van der Waals surface area (Å²) in [6.45, 7) is 0. The summed E-state index contributed by atoms with van der Waals surface area (Å²) in [6.07, 6.45) is 1.42. The highest BCUT2D eigenvalue weighted by Gasteiger charge is 2.34. The summed E-state index contributed by atoms with van der Waals surface area (Å²) in [5.74, 6) is -0.977. The quantitative estimate of drug-likeness (QED) is 0.442. The van der Waals surface area contributed by atoms with Crippen LogP contribution >= 0.6 is 28.1 Å². The number of amides is 2. The molecule has 1 aliphatic heterocycles. The normalized spacial score (nSPS) is 16.0. The lowest BCUT2D eigenvalue weighted by Gasteiger charge is -2.28. The lowest BCUT2D eigenvalue weighted by Crippen LogP contribution is -2.54. The fourth-order valence-electron chi connectivity index (χ4n) is 2.47. The number of benzene rings is 2. The van der Waals surface area contributed by atoms with E-state index in [-0.39, 0.29) is 22.2 Å². The van der Waals surface area contributed by atoms with E-state index in [9.17, 15) is 14.7 Å². The van der Waals surface area contributed by atoms with Crippen molar-refractivity contribution in [2.75, 3.05) is 12.0 Å². The largest absolute Gasteiger partial charge is 0.503 e. The number of phenols is 1. The number of thiocarbonyl (C=S) groups is 1. The molecule has 2 aromatic carbocycles. The number of nitrogens with one attached hydrogen (secondary N) is 1. The number of anilines is 1. The van der Waals surface area contributed by atoms with E-state index in [2.05, 4.69) is 21.2 Å². The van der Waals surface area contributed by atoms with Crippen LogP contribution in [0.15, 0.2) is 52.5 Å². The van der Waals surface area contributed by atoms with Crippen LogP contribution in [0.1, 0.15) is 5.56 Å². The molecule has 26 heavy (non-hydrogen) atoms. The lowest BCUT2D eigenvalue weighted by molar-refractivity contribution is -0.122. The molecule has 8 heteroatoms. The molecule has 0 saturated carbocycles. The molecule has 0 radical (unpaired) electrons. The Hall–Kier alpha value is -2.71. The van der Waals surface area contributed by atoms with Gasteiger partial charge in [0.2, 0.25) is 0 Å². The number of para-hydroxylation sites is 1. The predicted molar refractivity (Wildman–Crippen MR) is 105 cm³/mol. The highest BCUT2D eigenvalue weighted by atomic mass is 79.9. The Bertz CT molecular complexity index is 944. The molecule has 0 aliphatic carbocycles. The summed E-state index contributed by atoms with van der Waals surface area (Å²) in [7, 11) is 1.41. The molecule has 3 rings (SSSR count). The Morgan fingerprint density at radius 3 is 2.58 bits per heavy atom. The standard InChI is InChI=1S/C18H13BrN2O4S/c1-25-14-9-10(8-13(19)15(14)22)7-12-16(23)20-18(26)21(17(12)24)11-5-3-2-4-6-11/h2-9,22H,1H3,(H,20,23,26)/b12-7-. The maximum atomic E-state index is 12.9. The van der Waals surface area contributed by atoms with Crippen LogP contribution in [-0.2, 0) is 9.59 Å². The van der Waals surface area contributed by atoms with Gasteiger partial charge in [-0.1, -0.05) is 18.2 Å². The van der Waals surface area contributed by atoms with Gasteiger partial charge in [-0.05, 0) is 64.1 Å². The number of halogens is 1. The number of rotatable bonds is 3. The van der Waals surface area contributed by atoms with Crippen molar-refractivity contribution < 1.29 is 19.4 Å². The van der Waals surface area contributed by atoms with Crippen molar-refractivity contribution in [3.05, 3.63) is 58.1 Å². The molecular formula is C18H13BrN2O4S. The van der Waals surface area contributed by atoms with Crippen LogP contribution in [0.2, 0.25) is 0 Å². The highest BCUT2D eigenvalue weighted by Crippen LogP contribution is 2.36. The molecule has 1 aliphatic rings. The van der Waals surface area contributed by atoms with Gasteiger partial charge < -0.3 is 9.84 Å². The molecule has 2 aromatic rings. The number of methoxy groups -OCH3 is 1. The van der Waals surface area contributed by atoms with E-state index in [0.29, 0.717) is 15.7 Å². The zero-order valence-electron chi connectivity index (χ0n) is 13.5. The van der Waals surface area contributed by atoms with Gasteiger partial charge in [-0.25, -0.2) is 0 Å². The molecule has 2 N–H and O–H groups in total. The van der Waals surface area contributed by atoms with E-state index in [1.54, 1.807) is 30.3 Å². The fraction of sp³-hybridized carbons (Fsp3) is 0.0556. The van der Waals surface area contributed by atoms with E-state index < -0.39 is 11.8 Å². The summed E-state index contributed by atoms with van der Waals surface area (Å²) >= 11 is 8.36. The zero-order valence-corrected chi connectivity index (χ0v) is 15.9. The van der Waals surface area contributed by atoms with Crippen LogP contribution in [0.4, 0.5) is 5.69 Å². The summed E-state index contributed by atoms with van der Waals surface area (Å²) in [5, 5.41) is 12.4. The lowest BCUT2D eigenvalue weighted by atomic mass is 10.1. The van der Waals surface area contributed by atoms with Crippen molar-refractivity contribution in [2.24, 2.45) is 0 Å². The van der Waals surface area contributed by atoms with Crippen LogP contribution in [0.5, 0.6) is 11.5 Å². The maximum Gasteiger partial charge on any atom is 0.270 e. The first-order valence-corrected chi connectivity index (χ1v) is 8.65. The Labute approximate surface area is 163 Å². The van der Waals surface area contributed by atoms with E-state index in [0.717, 1.165) is 0 Å². The molecule has 0 bridgehead atoms. The van der Waals surface area contributed by atoms with Gasteiger partial charge >= 0.3 is 0 Å². The third-order valence-corrected chi connectivity index (χ3v) is 4.59. The zero-order chi connectivity index (χ0) is 18.8. The van der Waals surface area contributed by atoms with Crippen molar-refractivity contribution in [3.8, 4) is 11.5 Å². The van der Waals surface area contributed by atoms with Gasteiger partial charge in [-0.3, -0.25) is 19.8 Å². The van der Waals surface area contributed by atoms with Crippen LogP contribution in [0.3, 0.4) is 0 Å². The Balaban J connectivity index is 2.05. The van der Waals surface area contributed by atoms with E-state index in [4.69, 9.17) is 17.0 Å². The van der Waals surface area contributed by atoms with Crippen molar-refractivity contribution in [3.63, 3.8) is 0 Å². The van der Waals surface area contributed by atoms with Crippen LogP contribution in [0.25, 0.3) is 6.08 Å². The predicted octanol–water partition coefficient (Wildman–Crippen LogP) is 2.99. The summed E-state index contributed by atoms with van der Waals surface area (Å²) in [4.78, 5) is 26.4. The number of ether oxygens (including phenoxy) is 1. The highest BCUT2D eigenvalue weighted by molar-refractivity contribution is 9.10. The number of carbonyl (C=O) groups excluding carboxylic acids is 2. The Morgan fingerprint density at radius 2 is 1.92 bits per heavy atom. The minimum Gasteiger partial charge on any atom is -0.503 e. The first-order valence-electron chi connectivity index (χ1n) is 7.45. The minimum absolute atomic E-state index is 0.0211. The summed E-state index contributed by atoms with van der Waals surface area (Å²) < 4.78 is 5.47. The molecule has 6 nitrogen and oxygen atoms in total. The van der Waals surface area contributed by atoms with Gasteiger partial charge in [0.15, 0.2) is 16.6 Å². The third-order valence-electron chi connectivity index (χ3n) is 3.70. The molecule has 0 atom stereocenters. The molecular weight excluding hydrogens is 420 g/mol. The topological polar surface area (TPSA) is 78.9 Å². The monoisotopic (exact) mass is 432 g/mol. The van der Waals surface area contributed by atoms with Crippen LogP contribution < -0.4 is 15.0 Å². The number of nitrogens with zero attached hydrogens (tertiary/aromatic N) is 1. The molecule has 0 unspecified atom stereocenters. The number of hydrogen-bond acceptors (Lipinski definition) is 5. The van der Waals surface area contributed by atoms with E-state index in [1.165, 1.54) is 24.2 Å². The molecule has 132 valence electrons. The molecule has 2 amide bonds. The number of phenolic OH excluding ortho intramolecular Hbond substituents is 1. The van der Waals surface area contributed by atoms with E-state index >= 15 is 0 Å². The second kappa shape index (κ2) is 7.27. The number of aromatic hydroxyl groups is 1. The van der Waals surface area contributed by atoms with Gasteiger partial charge in [0, 0.05) is 0 Å². The third kappa shape index (κ3) is 3.33. The van der Waals surface area contributed by atoms with Crippen molar-refractivity contribution >= 4 is 56.8 Å². The second-order valence-electron chi connectivity index (χ2n) is 5.35. The Morgan fingerprint density at radius 1 is 1.23 bits per heavy atom. The molecule has 1 heterocycles. The van der Waals surface area contributed by atoms with Gasteiger partial charge in [0.25, 0.3) is 11.8 Å². The van der Waals surface area contributed by atoms with Gasteiger partial charge in [-0.2, -0.15) is 0 Å². The number of carbonyl (C=O) groups is 2.